The quantitative estimate of drug-likeness (QED) is 0.643. The van der Waals surface area contributed by atoms with E-state index >= 15 is 0 Å². The van der Waals surface area contributed by atoms with Crippen LogP contribution >= 0.6 is 11.6 Å². The van der Waals surface area contributed by atoms with E-state index in [1.165, 1.54) is 0 Å². The van der Waals surface area contributed by atoms with Crippen LogP contribution in [0.15, 0.2) is 24.3 Å². The normalized spacial score (nSPS) is 17.4. The number of carbonyl (C=O) groups is 1. The van der Waals surface area contributed by atoms with E-state index in [2.05, 4.69) is 5.32 Å². The lowest BCUT2D eigenvalue weighted by molar-refractivity contribution is -0.126. The highest BCUT2D eigenvalue weighted by Gasteiger charge is 2.25. The molecule has 1 N–H and O–H groups in total. The number of unbranched alkanes of at least 4 members (excludes halogenated alkanes) is 2. The topological polar surface area (TPSA) is 38.3 Å². The molecule has 1 amide bonds. The van der Waals surface area contributed by atoms with Crippen LogP contribution in [-0.4, -0.2) is 24.9 Å². The van der Waals surface area contributed by atoms with E-state index in [0.29, 0.717) is 12.5 Å². The molecule has 3 nitrogen and oxygen atoms in total. The highest BCUT2D eigenvalue weighted by molar-refractivity contribution is 6.17. The lowest BCUT2D eigenvalue weighted by Gasteiger charge is -2.24. The fourth-order valence-corrected chi connectivity index (χ4v) is 2.44. The number of benzene rings is 1. The molecule has 104 valence electrons. The SMILES string of the molecule is O=C(NCCCCCCl)C1COc2ccccc2C1. The van der Waals surface area contributed by atoms with Crippen molar-refractivity contribution in [3.63, 3.8) is 0 Å². The molecule has 1 unspecified atom stereocenters. The van der Waals surface area contributed by atoms with E-state index in [9.17, 15) is 4.79 Å². The Hall–Kier alpha value is -1.22. The zero-order valence-corrected chi connectivity index (χ0v) is 11.8. The van der Waals surface area contributed by atoms with Crippen LogP contribution < -0.4 is 10.1 Å². The molecule has 1 aliphatic heterocycles. The van der Waals surface area contributed by atoms with Crippen molar-refractivity contribution in [2.75, 3.05) is 19.0 Å². The van der Waals surface area contributed by atoms with Crippen LogP contribution in [0.1, 0.15) is 24.8 Å². The van der Waals surface area contributed by atoms with Gasteiger partial charge in [0.2, 0.25) is 5.91 Å². The number of halogens is 1. The predicted octanol–water partition coefficient (Wildman–Crippen LogP) is 2.76. The molecule has 0 radical (unpaired) electrons. The number of alkyl halides is 1. The Morgan fingerprint density at radius 1 is 1.32 bits per heavy atom. The van der Waals surface area contributed by atoms with Crippen LogP contribution in [0, 0.1) is 5.92 Å². The maximum atomic E-state index is 12.0. The third-order valence-electron chi connectivity index (χ3n) is 3.36. The van der Waals surface area contributed by atoms with Crippen molar-refractivity contribution >= 4 is 17.5 Å². The van der Waals surface area contributed by atoms with Gasteiger partial charge in [-0.25, -0.2) is 0 Å². The van der Waals surface area contributed by atoms with Crippen molar-refractivity contribution < 1.29 is 9.53 Å². The van der Waals surface area contributed by atoms with Gasteiger partial charge in [-0.05, 0) is 30.9 Å². The van der Waals surface area contributed by atoms with Gasteiger partial charge in [0.15, 0.2) is 0 Å². The van der Waals surface area contributed by atoms with Crippen LogP contribution in [-0.2, 0) is 11.2 Å². The molecule has 4 heteroatoms. The third kappa shape index (κ3) is 4.13. The minimum atomic E-state index is -0.0667. The molecule has 0 fully saturated rings. The molecule has 19 heavy (non-hydrogen) atoms. The molecule has 0 saturated carbocycles. The smallest absolute Gasteiger partial charge is 0.226 e. The standard InChI is InChI=1S/C15H20ClNO2/c16-8-4-1-5-9-17-15(18)13-10-12-6-2-3-7-14(12)19-11-13/h2-3,6-7,13H,1,4-5,8-11H2,(H,17,18). The minimum Gasteiger partial charge on any atom is -0.492 e. The number of rotatable bonds is 6. The van der Waals surface area contributed by atoms with Crippen LogP contribution in [0.3, 0.4) is 0 Å². The Bertz CT molecular complexity index is 422. The van der Waals surface area contributed by atoms with Gasteiger partial charge in [0.25, 0.3) is 0 Å². The van der Waals surface area contributed by atoms with Gasteiger partial charge in [-0.2, -0.15) is 0 Å². The maximum absolute atomic E-state index is 12.0. The zero-order valence-electron chi connectivity index (χ0n) is 11.0. The molecular formula is C15H20ClNO2. The summed E-state index contributed by atoms with van der Waals surface area (Å²) in [4.78, 5) is 12.0. The first-order chi connectivity index (χ1) is 9.31. The first-order valence-electron chi connectivity index (χ1n) is 6.85. The summed E-state index contributed by atoms with van der Waals surface area (Å²) in [5.41, 5.74) is 1.12. The summed E-state index contributed by atoms with van der Waals surface area (Å²) >= 11 is 5.61. The molecular weight excluding hydrogens is 262 g/mol. The number of nitrogens with one attached hydrogen (secondary N) is 1. The number of hydrogen-bond acceptors (Lipinski definition) is 2. The average molecular weight is 282 g/mol. The number of fused-ring (bicyclic) bond motifs is 1. The molecule has 0 spiro atoms. The molecule has 1 aliphatic rings. The summed E-state index contributed by atoms with van der Waals surface area (Å²) in [5, 5.41) is 2.98. The second-order valence-corrected chi connectivity index (χ2v) is 5.24. The number of para-hydroxylation sites is 1. The van der Waals surface area contributed by atoms with Crippen molar-refractivity contribution in [3.05, 3.63) is 29.8 Å². The predicted molar refractivity (Wildman–Crippen MR) is 76.7 cm³/mol. The van der Waals surface area contributed by atoms with Gasteiger partial charge in [0.05, 0.1) is 5.92 Å². The Morgan fingerprint density at radius 3 is 3.00 bits per heavy atom. The maximum Gasteiger partial charge on any atom is 0.226 e. The van der Waals surface area contributed by atoms with Gasteiger partial charge >= 0.3 is 0 Å². The fourth-order valence-electron chi connectivity index (χ4n) is 2.25. The third-order valence-corrected chi connectivity index (χ3v) is 3.63. The fraction of sp³-hybridized carbons (Fsp3) is 0.533. The number of carbonyl (C=O) groups excluding carboxylic acids is 1. The van der Waals surface area contributed by atoms with E-state index in [0.717, 1.165) is 43.5 Å². The van der Waals surface area contributed by atoms with E-state index in [-0.39, 0.29) is 11.8 Å². The number of hydrogen-bond donors (Lipinski definition) is 1. The monoisotopic (exact) mass is 281 g/mol. The summed E-state index contributed by atoms with van der Waals surface area (Å²) < 4.78 is 5.62. The minimum absolute atomic E-state index is 0.0667. The first kappa shape index (κ1) is 14.2. The summed E-state index contributed by atoms with van der Waals surface area (Å²) in [6.07, 6.45) is 3.83. The van der Waals surface area contributed by atoms with Gasteiger partial charge in [-0.3, -0.25) is 4.79 Å². The van der Waals surface area contributed by atoms with Gasteiger partial charge in [-0.15, -0.1) is 11.6 Å². The Labute approximate surface area is 119 Å². The van der Waals surface area contributed by atoms with Crippen molar-refractivity contribution in [1.82, 2.24) is 5.32 Å². The second-order valence-electron chi connectivity index (χ2n) is 4.86. The molecule has 1 aromatic carbocycles. The molecule has 0 saturated heterocycles. The van der Waals surface area contributed by atoms with Gasteiger partial charge in [-0.1, -0.05) is 24.6 Å². The molecule has 1 heterocycles. The molecule has 0 aromatic heterocycles. The number of ether oxygens (including phenoxy) is 1. The second kappa shape index (κ2) is 7.39. The Balaban J connectivity index is 1.76. The largest absolute Gasteiger partial charge is 0.492 e. The molecule has 1 aromatic rings. The van der Waals surface area contributed by atoms with Crippen LogP contribution in [0.4, 0.5) is 0 Å². The highest BCUT2D eigenvalue weighted by Crippen LogP contribution is 2.26. The molecule has 0 bridgehead atoms. The molecule has 1 atom stereocenters. The van der Waals surface area contributed by atoms with Crippen molar-refractivity contribution in [2.45, 2.75) is 25.7 Å². The zero-order chi connectivity index (χ0) is 13.5. The first-order valence-corrected chi connectivity index (χ1v) is 7.39. The van der Waals surface area contributed by atoms with E-state index in [4.69, 9.17) is 16.3 Å². The van der Waals surface area contributed by atoms with E-state index < -0.39 is 0 Å². The summed E-state index contributed by atoms with van der Waals surface area (Å²) in [6.45, 7) is 1.21. The van der Waals surface area contributed by atoms with Gasteiger partial charge < -0.3 is 10.1 Å². The van der Waals surface area contributed by atoms with Crippen LogP contribution in [0.5, 0.6) is 5.75 Å². The summed E-state index contributed by atoms with van der Waals surface area (Å²) in [6, 6.07) is 7.91. The van der Waals surface area contributed by atoms with Gasteiger partial charge in [0, 0.05) is 12.4 Å². The Kier molecular flexibility index (Phi) is 5.52. The number of amides is 1. The van der Waals surface area contributed by atoms with E-state index in [1.54, 1.807) is 0 Å². The summed E-state index contributed by atoms with van der Waals surface area (Å²) in [7, 11) is 0. The molecule has 0 aliphatic carbocycles. The van der Waals surface area contributed by atoms with Crippen LogP contribution in [0.2, 0.25) is 0 Å². The van der Waals surface area contributed by atoms with Gasteiger partial charge in [0.1, 0.15) is 12.4 Å². The average Bonchev–Trinajstić information content (AvgIpc) is 2.46. The van der Waals surface area contributed by atoms with Crippen molar-refractivity contribution in [3.8, 4) is 5.75 Å². The Morgan fingerprint density at radius 2 is 2.16 bits per heavy atom. The lowest BCUT2D eigenvalue weighted by atomic mass is 9.96. The highest BCUT2D eigenvalue weighted by atomic mass is 35.5. The lowest BCUT2D eigenvalue weighted by Crippen LogP contribution is -2.37. The summed E-state index contributed by atoms with van der Waals surface area (Å²) in [5.74, 6) is 1.64. The van der Waals surface area contributed by atoms with Crippen LogP contribution in [0.25, 0.3) is 0 Å². The van der Waals surface area contributed by atoms with E-state index in [1.807, 2.05) is 24.3 Å². The van der Waals surface area contributed by atoms with Crippen molar-refractivity contribution in [1.29, 1.82) is 0 Å². The molecule has 2 rings (SSSR count). The van der Waals surface area contributed by atoms with Crippen molar-refractivity contribution in [2.24, 2.45) is 5.92 Å².